The number of aryl methyl sites for hydroxylation is 2. The Bertz CT molecular complexity index is 1140. The number of rotatable bonds is 5. The van der Waals surface area contributed by atoms with Crippen LogP contribution in [0.5, 0.6) is 5.75 Å². The first kappa shape index (κ1) is 19.6. The van der Waals surface area contributed by atoms with Crippen LogP contribution in [0.25, 0.3) is 5.76 Å². The van der Waals surface area contributed by atoms with Gasteiger partial charge in [-0.05, 0) is 50.2 Å². The van der Waals surface area contributed by atoms with Gasteiger partial charge in [-0.25, -0.2) is 0 Å². The van der Waals surface area contributed by atoms with Crippen molar-refractivity contribution >= 4 is 17.4 Å². The molecule has 1 amide bonds. The Morgan fingerprint density at radius 2 is 1.97 bits per heavy atom. The number of nitrogens with zero attached hydrogens (tertiary/aromatic N) is 1. The number of carbonyl (C=O) groups excluding carboxylic acids is 2. The molecule has 30 heavy (non-hydrogen) atoms. The van der Waals surface area contributed by atoms with Gasteiger partial charge >= 0.3 is 0 Å². The van der Waals surface area contributed by atoms with E-state index in [4.69, 9.17) is 13.6 Å². The van der Waals surface area contributed by atoms with Crippen molar-refractivity contribution in [2.45, 2.75) is 26.4 Å². The van der Waals surface area contributed by atoms with Gasteiger partial charge in [0.2, 0.25) is 0 Å². The molecule has 1 aliphatic heterocycles. The van der Waals surface area contributed by atoms with Gasteiger partial charge in [-0.15, -0.1) is 0 Å². The minimum absolute atomic E-state index is 0.0511. The first-order chi connectivity index (χ1) is 14.4. The Morgan fingerprint density at radius 1 is 1.17 bits per heavy atom. The van der Waals surface area contributed by atoms with Crippen molar-refractivity contribution in [1.82, 2.24) is 4.90 Å². The lowest BCUT2D eigenvalue weighted by Gasteiger charge is -2.22. The van der Waals surface area contributed by atoms with E-state index in [1.807, 2.05) is 13.0 Å². The number of ketones is 1. The number of carbonyl (C=O) groups is 2. The SMILES string of the molecule is COc1ccc(C)cc1/C(O)=C1\C(=O)C(=O)N(Cc2ccco2)C1c1ccc(C)o1. The van der Waals surface area contributed by atoms with E-state index in [0.717, 1.165) is 5.56 Å². The molecular formula is C23H21NO6. The van der Waals surface area contributed by atoms with Crippen molar-refractivity contribution in [3.8, 4) is 5.75 Å². The highest BCUT2D eigenvalue weighted by Crippen LogP contribution is 2.42. The number of hydrogen-bond acceptors (Lipinski definition) is 6. The molecule has 3 aromatic rings. The van der Waals surface area contributed by atoms with Crippen molar-refractivity contribution < 1.29 is 28.3 Å². The van der Waals surface area contributed by atoms with E-state index >= 15 is 0 Å². The van der Waals surface area contributed by atoms with Crippen LogP contribution in [0.4, 0.5) is 0 Å². The van der Waals surface area contributed by atoms with Crippen LogP contribution >= 0.6 is 0 Å². The summed E-state index contributed by atoms with van der Waals surface area (Å²) in [6, 6.07) is 11.2. The van der Waals surface area contributed by atoms with E-state index in [9.17, 15) is 14.7 Å². The number of ether oxygens (including phenoxy) is 1. The number of hydrogen-bond donors (Lipinski definition) is 1. The van der Waals surface area contributed by atoms with Gasteiger partial charge in [0.1, 0.15) is 34.8 Å². The van der Waals surface area contributed by atoms with E-state index < -0.39 is 17.7 Å². The van der Waals surface area contributed by atoms with E-state index in [0.29, 0.717) is 28.6 Å². The fraction of sp³-hybridized carbons (Fsp3) is 0.217. The van der Waals surface area contributed by atoms with Gasteiger partial charge in [0.05, 0.1) is 31.1 Å². The summed E-state index contributed by atoms with van der Waals surface area (Å²) < 4.78 is 16.5. The summed E-state index contributed by atoms with van der Waals surface area (Å²) in [7, 11) is 1.48. The van der Waals surface area contributed by atoms with Gasteiger partial charge in [-0.1, -0.05) is 11.6 Å². The molecule has 2 aromatic heterocycles. The van der Waals surface area contributed by atoms with Gasteiger partial charge in [0.25, 0.3) is 11.7 Å². The van der Waals surface area contributed by atoms with Crippen molar-refractivity contribution in [1.29, 1.82) is 0 Å². The Balaban J connectivity index is 1.90. The van der Waals surface area contributed by atoms with Gasteiger partial charge in [0, 0.05) is 0 Å². The van der Waals surface area contributed by atoms with Crippen molar-refractivity contribution in [2.24, 2.45) is 0 Å². The summed E-state index contributed by atoms with van der Waals surface area (Å²) >= 11 is 0. The third kappa shape index (κ3) is 3.28. The predicted octanol–water partition coefficient (Wildman–Crippen LogP) is 4.12. The van der Waals surface area contributed by atoms with Crippen LogP contribution in [0.15, 0.2) is 63.1 Å². The minimum atomic E-state index is -0.894. The molecule has 1 saturated heterocycles. The molecule has 1 unspecified atom stereocenters. The molecule has 0 spiro atoms. The third-order valence-electron chi connectivity index (χ3n) is 5.09. The van der Waals surface area contributed by atoms with E-state index in [1.54, 1.807) is 43.3 Å². The average Bonchev–Trinajstić information content (AvgIpc) is 3.45. The fourth-order valence-electron chi connectivity index (χ4n) is 3.66. The molecule has 154 valence electrons. The number of benzene rings is 1. The van der Waals surface area contributed by atoms with Crippen LogP contribution in [-0.2, 0) is 16.1 Å². The highest BCUT2D eigenvalue weighted by atomic mass is 16.5. The molecule has 0 saturated carbocycles. The molecule has 1 aliphatic rings. The zero-order chi connectivity index (χ0) is 21.4. The number of likely N-dealkylation sites (tertiary alicyclic amines) is 1. The molecule has 4 rings (SSSR count). The third-order valence-corrected chi connectivity index (χ3v) is 5.09. The number of Topliss-reactive ketones (excluding diaryl/α,β-unsaturated/α-hetero) is 1. The van der Waals surface area contributed by atoms with E-state index in [1.165, 1.54) is 18.3 Å². The molecule has 0 bridgehead atoms. The number of aliphatic hydroxyl groups excluding tert-OH is 1. The lowest BCUT2D eigenvalue weighted by atomic mass is 9.98. The van der Waals surface area contributed by atoms with Crippen LogP contribution in [0.2, 0.25) is 0 Å². The van der Waals surface area contributed by atoms with Crippen molar-refractivity contribution in [3.05, 3.63) is 82.7 Å². The van der Waals surface area contributed by atoms with Crippen LogP contribution in [-0.4, -0.2) is 28.8 Å². The largest absolute Gasteiger partial charge is 0.507 e. The van der Waals surface area contributed by atoms with Gasteiger partial charge in [0.15, 0.2) is 0 Å². The Labute approximate surface area is 173 Å². The van der Waals surface area contributed by atoms with Crippen LogP contribution in [0.1, 0.15) is 34.4 Å². The number of aliphatic hydroxyl groups is 1. The maximum Gasteiger partial charge on any atom is 0.296 e. The van der Waals surface area contributed by atoms with Gasteiger partial charge in [-0.3, -0.25) is 9.59 Å². The second-order valence-corrected chi connectivity index (χ2v) is 7.16. The normalized spacial score (nSPS) is 18.2. The van der Waals surface area contributed by atoms with Gasteiger partial charge in [-0.2, -0.15) is 0 Å². The van der Waals surface area contributed by atoms with Crippen LogP contribution < -0.4 is 4.74 Å². The number of furan rings is 2. The molecule has 1 fully saturated rings. The van der Waals surface area contributed by atoms with Gasteiger partial charge < -0.3 is 23.6 Å². The minimum Gasteiger partial charge on any atom is -0.507 e. The van der Waals surface area contributed by atoms with Crippen molar-refractivity contribution in [2.75, 3.05) is 7.11 Å². The predicted molar refractivity (Wildman–Crippen MR) is 108 cm³/mol. The maximum atomic E-state index is 13.0. The second kappa shape index (κ2) is 7.59. The van der Waals surface area contributed by atoms with Crippen LogP contribution in [0, 0.1) is 13.8 Å². The maximum absolute atomic E-state index is 13.0. The molecule has 0 aliphatic carbocycles. The summed E-state index contributed by atoms with van der Waals surface area (Å²) in [4.78, 5) is 27.3. The first-order valence-electron chi connectivity index (χ1n) is 9.43. The number of amides is 1. The molecule has 1 aromatic carbocycles. The zero-order valence-electron chi connectivity index (χ0n) is 16.8. The molecule has 1 N–H and O–H groups in total. The molecule has 7 nitrogen and oxygen atoms in total. The summed E-state index contributed by atoms with van der Waals surface area (Å²) in [6.07, 6.45) is 1.50. The lowest BCUT2D eigenvalue weighted by molar-refractivity contribution is -0.140. The molecule has 7 heteroatoms. The van der Waals surface area contributed by atoms with E-state index in [-0.39, 0.29) is 17.9 Å². The average molecular weight is 407 g/mol. The Kier molecular flexibility index (Phi) is 4.95. The van der Waals surface area contributed by atoms with Crippen molar-refractivity contribution in [3.63, 3.8) is 0 Å². The summed E-state index contributed by atoms with van der Waals surface area (Å²) in [6.45, 7) is 3.69. The Morgan fingerprint density at radius 3 is 2.60 bits per heavy atom. The standard InChI is InChI=1S/C23H21NO6/c1-13-6-8-17(28-3)16(11-13)21(25)19-20(18-9-7-14(2)30-18)24(23(27)22(19)26)12-15-5-4-10-29-15/h4-11,20,25H,12H2,1-3H3/b21-19+. The highest BCUT2D eigenvalue weighted by Gasteiger charge is 2.48. The smallest absolute Gasteiger partial charge is 0.296 e. The second-order valence-electron chi connectivity index (χ2n) is 7.16. The number of methoxy groups -OCH3 is 1. The highest BCUT2D eigenvalue weighted by molar-refractivity contribution is 6.46. The molecule has 0 radical (unpaired) electrons. The lowest BCUT2D eigenvalue weighted by Crippen LogP contribution is -2.28. The fourth-order valence-corrected chi connectivity index (χ4v) is 3.66. The Hall–Kier alpha value is -3.74. The molecule has 3 heterocycles. The monoisotopic (exact) mass is 407 g/mol. The quantitative estimate of drug-likeness (QED) is 0.389. The van der Waals surface area contributed by atoms with Crippen LogP contribution in [0.3, 0.4) is 0 Å². The topological polar surface area (TPSA) is 93.1 Å². The van der Waals surface area contributed by atoms with E-state index in [2.05, 4.69) is 0 Å². The summed E-state index contributed by atoms with van der Waals surface area (Å²) in [5.41, 5.74) is 1.15. The zero-order valence-corrected chi connectivity index (χ0v) is 16.8. The first-order valence-corrected chi connectivity index (χ1v) is 9.43. The molecular weight excluding hydrogens is 386 g/mol. The molecule has 1 atom stereocenters. The summed E-state index contributed by atoms with van der Waals surface area (Å²) in [5.74, 6) is 0.0753. The summed E-state index contributed by atoms with van der Waals surface area (Å²) in [5, 5.41) is 11.2.